The number of nitrogens with zero attached hydrogens (tertiary/aromatic N) is 1. The third-order valence-electron chi connectivity index (χ3n) is 4.01. The van der Waals surface area contributed by atoms with Crippen molar-refractivity contribution in [1.29, 1.82) is 0 Å². The van der Waals surface area contributed by atoms with Gasteiger partial charge in [0.2, 0.25) is 0 Å². The molecule has 2 unspecified atom stereocenters. The van der Waals surface area contributed by atoms with Crippen LogP contribution in [0.1, 0.15) is 23.6 Å². The van der Waals surface area contributed by atoms with E-state index >= 15 is 0 Å². The zero-order valence-electron chi connectivity index (χ0n) is 13.4. The van der Waals surface area contributed by atoms with E-state index < -0.39 is 6.04 Å². The Morgan fingerprint density at radius 3 is 2.43 bits per heavy atom. The molecule has 0 spiro atoms. The fraction of sp³-hybridized carbons (Fsp3) is 0.316. The lowest BCUT2D eigenvalue weighted by Crippen LogP contribution is -2.33. The van der Waals surface area contributed by atoms with Crippen molar-refractivity contribution in [1.82, 2.24) is 4.90 Å². The molecule has 23 heavy (non-hydrogen) atoms. The predicted octanol–water partition coefficient (Wildman–Crippen LogP) is 3.16. The van der Waals surface area contributed by atoms with Gasteiger partial charge in [-0.1, -0.05) is 48.5 Å². The highest BCUT2D eigenvalue weighted by Gasteiger charge is 2.23. The fourth-order valence-electron chi connectivity index (χ4n) is 2.82. The van der Waals surface area contributed by atoms with Crippen LogP contribution in [0.4, 0.5) is 4.39 Å². The van der Waals surface area contributed by atoms with Crippen molar-refractivity contribution >= 4 is 6.29 Å². The second kappa shape index (κ2) is 8.56. The van der Waals surface area contributed by atoms with Gasteiger partial charge in [-0.15, -0.1) is 0 Å². The zero-order valence-corrected chi connectivity index (χ0v) is 13.4. The van der Waals surface area contributed by atoms with Gasteiger partial charge in [-0.2, -0.15) is 0 Å². The molecule has 0 aromatic heterocycles. The van der Waals surface area contributed by atoms with Gasteiger partial charge in [0.05, 0.1) is 0 Å². The van der Waals surface area contributed by atoms with Crippen LogP contribution in [0.5, 0.6) is 0 Å². The lowest BCUT2D eigenvalue weighted by molar-refractivity contribution is -0.108. The molecule has 122 valence electrons. The summed E-state index contributed by atoms with van der Waals surface area (Å²) >= 11 is 0. The van der Waals surface area contributed by atoms with E-state index in [0.29, 0.717) is 18.5 Å². The summed E-state index contributed by atoms with van der Waals surface area (Å²) in [5.41, 5.74) is 7.90. The molecule has 0 fully saturated rings. The van der Waals surface area contributed by atoms with Crippen LogP contribution < -0.4 is 5.73 Å². The fourth-order valence-corrected chi connectivity index (χ4v) is 2.82. The molecule has 0 radical (unpaired) electrons. The van der Waals surface area contributed by atoms with E-state index in [4.69, 9.17) is 5.73 Å². The highest BCUT2D eigenvalue weighted by molar-refractivity contribution is 5.50. The molecule has 0 bridgehead atoms. The monoisotopic (exact) mass is 314 g/mol. The Morgan fingerprint density at radius 1 is 1.13 bits per heavy atom. The zero-order chi connectivity index (χ0) is 16.7. The van der Waals surface area contributed by atoms with Gasteiger partial charge in [0, 0.05) is 31.1 Å². The first-order valence-electron chi connectivity index (χ1n) is 7.78. The Kier molecular flexibility index (Phi) is 6.44. The molecule has 2 aromatic carbocycles. The lowest BCUT2D eigenvalue weighted by Gasteiger charge is -2.28. The summed E-state index contributed by atoms with van der Waals surface area (Å²) < 4.78 is 13.9. The third kappa shape index (κ3) is 4.98. The summed E-state index contributed by atoms with van der Waals surface area (Å²) in [4.78, 5) is 13.1. The van der Waals surface area contributed by atoms with Crippen molar-refractivity contribution in [2.24, 2.45) is 11.7 Å². The molecule has 2 N–H and O–H groups in total. The van der Waals surface area contributed by atoms with Crippen molar-refractivity contribution < 1.29 is 9.18 Å². The van der Waals surface area contributed by atoms with Crippen LogP contribution in [0, 0.1) is 11.7 Å². The average Bonchev–Trinajstić information content (AvgIpc) is 2.55. The summed E-state index contributed by atoms with van der Waals surface area (Å²) in [5, 5.41) is 0. The molecule has 4 heteroatoms. The van der Waals surface area contributed by atoms with Crippen LogP contribution in [-0.4, -0.2) is 24.8 Å². The van der Waals surface area contributed by atoms with Crippen LogP contribution in [0.15, 0.2) is 54.6 Å². The number of aldehydes is 1. The molecule has 0 saturated heterocycles. The number of hydrogen-bond acceptors (Lipinski definition) is 3. The summed E-state index contributed by atoms with van der Waals surface area (Å²) in [6.07, 6.45) is 1.18. The first-order valence-corrected chi connectivity index (χ1v) is 7.78. The Bertz CT molecular complexity index is 618. The van der Waals surface area contributed by atoms with Crippen LogP contribution in [-0.2, 0) is 11.3 Å². The standard InChI is InChI=1S/C19H23FN2O/c1-22(13-15-7-3-2-4-8-15)14-16(11-12-23)19(21)17-9-5-6-10-18(17)20/h2-10,12,16,19H,11,13-14,21H2,1H3. The van der Waals surface area contributed by atoms with Gasteiger partial charge < -0.3 is 15.4 Å². The van der Waals surface area contributed by atoms with Gasteiger partial charge in [0.1, 0.15) is 12.1 Å². The minimum atomic E-state index is -0.500. The van der Waals surface area contributed by atoms with Gasteiger partial charge in [-0.25, -0.2) is 4.39 Å². The van der Waals surface area contributed by atoms with Gasteiger partial charge >= 0.3 is 0 Å². The van der Waals surface area contributed by atoms with Crippen molar-refractivity contribution in [2.75, 3.05) is 13.6 Å². The molecule has 2 aromatic rings. The maximum Gasteiger partial charge on any atom is 0.127 e. The molecule has 0 saturated carbocycles. The van der Waals surface area contributed by atoms with E-state index in [2.05, 4.69) is 17.0 Å². The molecule has 0 heterocycles. The minimum Gasteiger partial charge on any atom is -0.324 e. The number of carbonyl (C=O) groups excluding carboxylic acids is 1. The van der Waals surface area contributed by atoms with Gasteiger partial charge in [0.25, 0.3) is 0 Å². The maximum atomic E-state index is 13.9. The average molecular weight is 314 g/mol. The second-order valence-electron chi connectivity index (χ2n) is 5.89. The van der Waals surface area contributed by atoms with Crippen molar-refractivity contribution in [3.8, 4) is 0 Å². The summed E-state index contributed by atoms with van der Waals surface area (Å²) in [7, 11) is 1.98. The lowest BCUT2D eigenvalue weighted by atomic mass is 9.90. The second-order valence-corrected chi connectivity index (χ2v) is 5.89. The van der Waals surface area contributed by atoms with Gasteiger partial charge in [-0.3, -0.25) is 0 Å². The molecule has 2 atom stereocenters. The van der Waals surface area contributed by atoms with Crippen molar-refractivity contribution in [3.05, 3.63) is 71.5 Å². The van der Waals surface area contributed by atoms with E-state index in [1.54, 1.807) is 18.2 Å². The van der Waals surface area contributed by atoms with Gasteiger partial charge in [-0.05, 0) is 24.6 Å². The van der Waals surface area contributed by atoms with E-state index in [0.717, 1.165) is 12.8 Å². The molecule has 2 rings (SSSR count). The Balaban J connectivity index is 2.06. The van der Waals surface area contributed by atoms with Crippen LogP contribution in [0.25, 0.3) is 0 Å². The molecule has 0 aliphatic carbocycles. The molecular formula is C19H23FN2O. The van der Waals surface area contributed by atoms with E-state index in [1.165, 1.54) is 11.6 Å². The topological polar surface area (TPSA) is 46.3 Å². The van der Waals surface area contributed by atoms with Gasteiger partial charge in [0.15, 0.2) is 0 Å². The van der Waals surface area contributed by atoms with E-state index in [9.17, 15) is 9.18 Å². The molecule has 0 aliphatic rings. The van der Waals surface area contributed by atoms with Crippen LogP contribution in [0.3, 0.4) is 0 Å². The third-order valence-corrected chi connectivity index (χ3v) is 4.01. The number of rotatable bonds is 8. The number of nitrogens with two attached hydrogens (primary N) is 1. The summed E-state index contributed by atoms with van der Waals surface area (Å²) in [6, 6.07) is 16.1. The minimum absolute atomic E-state index is 0.127. The molecular weight excluding hydrogens is 291 g/mol. The molecule has 0 amide bonds. The number of carbonyl (C=O) groups is 1. The highest BCUT2D eigenvalue weighted by Crippen LogP contribution is 2.25. The quantitative estimate of drug-likeness (QED) is 0.761. The SMILES string of the molecule is CN(Cc1ccccc1)CC(CC=O)C(N)c1ccccc1F. The Hall–Kier alpha value is -2.04. The predicted molar refractivity (Wildman–Crippen MR) is 90.3 cm³/mol. The number of hydrogen-bond donors (Lipinski definition) is 1. The molecule has 3 nitrogen and oxygen atoms in total. The van der Waals surface area contributed by atoms with Crippen LogP contribution in [0.2, 0.25) is 0 Å². The van der Waals surface area contributed by atoms with Crippen LogP contribution >= 0.6 is 0 Å². The van der Waals surface area contributed by atoms with Crippen molar-refractivity contribution in [2.45, 2.75) is 19.0 Å². The number of halogens is 1. The van der Waals surface area contributed by atoms with Crippen molar-refractivity contribution in [3.63, 3.8) is 0 Å². The highest BCUT2D eigenvalue weighted by atomic mass is 19.1. The molecule has 0 aliphatic heterocycles. The first kappa shape index (κ1) is 17.3. The van der Waals surface area contributed by atoms with E-state index in [1.807, 2.05) is 25.2 Å². The summed E-state index contributed by atoms with van der Waals surface area (Å²) in [6.45, 7) is 1.39. The Morgan fingerprint density at radius 2 is 1.78 bits per heavy atom. The first-order chi connectivity index (χ1) is 11.1. The largest absolute Gasteiger partial charge is 0.324 e. The Labute approximate surface area is 136 Å². The summed E-state index contributed by atoms with van der Waals surface area (Å²) in [5.74, 6) is -0.445. The van der Waals surface area contributed by atoms with E-state index in [-0.39, 0.29) is 11.7 Å². The smallest absolute Gasteiger partial charge is 0.127 e. The number of benzene rings is 2. The maximum absolute atomic E-state index is 13.9. The normalized spacial score (nSPS) is 13.7.